The quantitative estimate of drug-likeness (QED) is 0.396. The van der Waals surface area contributed by atoms with Gasteiger partial charge in [0, 0.05) is 35.2 Å². The van der Waals surface area contributed by atoms with Crippen molar-refractivity contribution in [2.75, 3.05) is 13.1 Å². The number of carbonyl (C=O) groups excluding carboxylic acids is 1. The number of oxazole rings is 1. The van der Waals surface area contributed by atoms with Gasteiger partial charge < -0.3 is 9.32 Å². The zero-order chi connectivity index (χ0) is 22.0. The summed E-state index contributed by atoms with van der Waals surface area (Å²) >= 11 is 6.07. The van der Waals surface area contributed by atoms with Gasteiger partial charge in [-0.05, 0) is 38.8 Å². The number of hydrogen-bond acceptors (Lipinski definition) is 4. The van der Waals surface area contributed by atoms with Gasteiger partial charge in [-0.1, -0.05) is 54.1 Å². The predicted octanol–water partition coefficient (Wildman–Crippen LogP) is 6.06. The molecule has 0 aliphatic carbocycles. The molecule has 1 aliphatic rings. The maximum Gasteiger partial charge on any atom is 0.343 e. The fourth-order valence-electron chi connectivity index (χ4n) is 3.78. The highest BCUT2D eigenvalue weighted by Crippen LogP contribution is 2.37. The number of halogens is 1. The van der Waals surface area contributed by atoms with Gasteiger partial charge in [-0.3, -0.25) is 5.21 Å². The molecule has 2 amide bonds. The van der Waals surface area contributed by atoms with Gasteiger partial charge in [-0.15, -0.1) is 0 Å². The number of piperidine rings is 1. The molecule has 162 valence electrons. The minimum absolute atomic E-state index is 0.110. The third-order valence-corrected chi connectivity index (χ3v) is 5.85. The second-order valence-corrected chi connectivity index (χ2v) is 8.52. The van der Waals surface area contributed by atoms with Crippen LogP contribution in [0.15, 0.2) is 59.0 Å². The molecular weight excluding hydrogens is 414 g/mol. The summed E-state index contributed by atoms with van der Waals surface area (Å²) in [5.41, 5.74) is 2.70. The van der Waals surface area contributed by atoms with Crippen molar-refractivity contribution in [3.8, 4) is 22.6 Å². The van der Waals surface area contributed by atoms with Crippen molar-refractivity contribution in [2.45, 2.75) is 38.6 Å². The minimum atomic E-state index is -0.354. The Labute approximate surface area is 187 Å². The van der Waals surface area contributed by atoms with Crippen LogP contribution in [-0.4, -0.2) is 45.3 Å². The minimum Gasteiger partial charge on any atom is -0.440 e. The third-order valence-electron chi connectivity index (χ3n) is 5.60. The molecule has 0 radical (unpaired) electrons. The summed E-state index contributed by atoms with van der Waals surface area (Å²) < 4.78 is 6.30. The van der Waals surface area contributed by atoms with Crippen molar-refractivity contribution in [1.82, 2.24) is 14.9 Å². The summed E-state index contributed by atoms with van der Waals surface area (Å²) in [6.45, 7) is 4.65. The van der Waals surface area contributed by atoms with E-state index in [9.17, 15) is 10.0 Å². The first kappa shape index (κ1) is 21.4. The molecule has 0 spiro atoms. The van der Waals surface area contributed by atoms with Gasteiger partial charge in [0.25, 0.3) is 0 Å². The maximum atomic E-state index is 12.4. The molecule has 1 fully saturated rings. The van der Waals surface area contributed by atoms with E-state index in [4.69, 9.17) is 21.0 Å². The molecule has 1 aromatic heterocycles. The Hall–Kier alpha value is -2.83. The Bertz CT molecular complexity index is 1030. The van der Waals surface area contributed by atoms with Crippen molar-refractivity contribution in [2.24, 2.45) is 0 Å². The topological polar surface area (TPSA) is 69.8 Å². The molecule has 1 saturated heterocycles. The zero-order valence-corrected chi connectivity index (χ0v) is 18.4. The number of amides is 2. The molecular formula is C24H26ClN3O3. The van der Waals surface area contributed by atoms with E-state index in [2.05, 4.69) is 0 Å². The third kappa shape index (κ3) is 4.60. The highest BCUT2D eigenvalue weighted by atomic mass is 35.5. The summed E-state index contributed by atoms with van der Waals surface area (Å²) in [6.07, 6.45) is 1.46. The molecule has 0 unspecified atom stereocenters. The SMILES string of the molecule is CC(C)N(O)C(=O)N1CCC(c2nc(-c3ccc(Cl)cc3)c(-c3ccccc3)o2)CC1. The average molecular weight is 440 g/mol. The number of likely N-dealkylation sites (tertiary alicyclic amines) is 1. The van der Waals surface area contributed by atoms with Gasteiger partial charge in [0.2, 0.25) is 0 Å². The van der Waals surface area contributed by atoms with E-state index in [1.54, 1.807) is 18.7 Å². The monoisotopic (exact) mass is 439 g/mol. The maximum absolute atomic E-state index is 12.4. The fraction of sp³-hybridized carbons (Fsp3) is 0.333. The van der Waals surface area contributed by atoms with Gasteiger partial charge >= 0.3 is 6.03 Å². The largest absolute Gasteiger partial charge is 0.440 e. The fourth-order valence-corrected chi connectivity index (χ4v) is 3.91. The van der Waals surface area contributed by atoms with Crippen LogP contribution >= 0.6 is 11.6 Å². The molecule has 2 heterocycles. The van der Waals surface area contributed by atoms with Gasteiger partial charge in [0.15, 0.2) is 11.7 Å². The average Bonchev–Trinajstić information content (AvgIpc) is 3.24. The molecule has 1 aliphatic heterocycles. The van der Waals surface area contributed by atoms with E-state index in [1.165, 1.54) is 0 Å². The predicted molar refractivity (Wildman–Crippen MR) is 120 cm³/mol. The molecule has 7 heteroatoms. The van der Waals surface area contributed by atoms with Crippen LogP contribution in [0.25, 0.3) is 22.6 Å². The van der Waals surface area contributed by atoms with E-state index in [0.29, 0.717) is 24.0 Å². The number of rotatable bonds is 4. The standard InChI is InChI=1S/C24H26ClN3O3/c1-16(2)28(30)24(29)27-14-12-19(13-15-27)23-26-21(17-8-10-20(25)11-9-17)22(31-23)18-6-4-3-5-7-18/h3-11,16,19,30H,12-15H2,1-2H3. The van der Waals surface area contributed by atoms with Crippen molar-refractivity contribution in [1.29, 1.82) is 0 Å². The first-order valence-electron chi connectivity index (χ1n) is 10.5. The van der Waals surface area contributed by atoms with Crippen LogP contribution < -0.4 is 0 Å². The molecule has 31 heavy (non-hydrogen) atoms. The summed E-state index contributed by atoms with van der Waals surface area (Å²) in [7, 11) is 0. The number of benzene rings is 2. The molecule has 1 N–H and O–H groups in total. The molecule has 0 bridgehead atoms. The molecule has 0 atom stereocenters. The van der Waals surface area contributed by atoms with Gasteiger partial charge in [0.1, 0.15) is 5.69 Å². The van der Waals surface area contributed by atoms with Crippen molar-refractivity contribution in [3.63, 3.8) is 0 Å². The van der Waals surface area contributed by atoms with Gasteiger partial charge in [-0.2, -0.15) is 0 Å². The summed E-state index contributed by atoms with van der Waals surface area (Å²) in [5.74, 6) is 1.53. The second kappa shape index (κ2) is 9.12. The lowest BCUT2D eigenvalue weighted by Gasteiger charge is -2.33. The number of hydrogen-bond donors (Lipinski definition) is 1. The molecule has 6 nitrogen and oxygen atoms in total. The van der Waals surface area contributed by atoms with E-state index >= 15 is 0 Å². The van der Waals surface area contributed by atoms with Crippen LogP contribution in [0, 0.1) is 0 Å². The number of nitrogens with zero attached hydrogens (tertiary/aromatic N) is 3. The molecule has 3 aromatic rings. The van der Waals surface area contributed by atoms with E-state index < -0.39 is 0 Å². The van der Waals surface area contributed by atoms with E-state index in [0.717, 1.165) is 40.5 Å². The smallest absolute Gasteiger partial charge is 0.343 e. The highest BCUT2D eigenvalue weighted by molar-refractivity contribution is 6.30. The highest BCUT2D eigenvalue weighted by Gasteiger charge is 2.31. The van der Waals surface area contributed by atoms with Crippen molar-refractivity contribution in [3.05, 3.63) is 65.5 Å². The van der Waals surface area contributed by atoms with Crippen LogP contribution in [0.1, 0.15) is 38.5 Å². The lowest BCUT2D eigenvalue weighted by Crippen LogP contribution is -2.47. The Morgan fingerprint density at radius 2 is 1.74 bits per heavy atom. The molecule has 0 saturated carbocycles. The Morgan fingerprint density at radius 3 is 2.35 bits per heavy atom. The number of hydroxylamine groups is 2. The zero-order valence-electron chi connectivity index (χ0n) is 17.7. The number of urea groups is 1. The number of carbonyl (C=O) groups is 1. The van der Waals surface area contributed by atoms with Crippen molar-refractivity contribution >= 4 is 17.6 Å². The van der Waals surface area contributed by atoms with Crippen LogP contribution in [0.3, 0.4) is 0 Å². The Kier molecular flexibility index (Phi) is 6.30. The summed E-state index contributed by atoms with van der Waals surface area (Å²) in [6, 6.07) is 16.9. The Morgan fingerprint density at radius 1 is 1.10 bits per heavy atom. The summed E-state index contributed by atoms with van der Waals surface area (Å²) in [5, 5.41) is 11.4. The van der Waals surface area contributed by atoms with Crippen LogP contribution in [0.4, 0.5) is 4.79 Å². The van der Waals surface area contributed by atoms with E-state index in [1.807, 2.05) is 54.6 Å². The normalized spacial score (nSPS) is 14.8. The van der Waals surface area contributed by atoms with Gasteiger partial charge in [-0.25, -0.2) is 14.8 Å². The van der Waals surface area contributed by atoms with Crippen LogP contribution in [0.5, 0.6) is 0 Å². The molecule has 4 rings (SSSR count). The van der Waals surface area contributed by atoms with E-state index in [-0.39, 0.29) is 18.0 Å². The number of aromatic nitrogens is 1. The lowest BCUT2D eigenvalue weighted by molar-refractivity contribution is -0.0815. The van der Waals surface area contributed by atoms with Crippen molar-refractivity contribution < 1.29 is 14.4 Å². The summed E-state index contributed by atoms with van der Waals surface area (Å²) in [4.78, 5) is 18.9. The second-order valence-electron chi connectivity index (χ2n) is 8.08. The lowest BCUT2D eigenvalue weighted by atomic mass is 9.97. The Balaban J connectivity index is 1.59. The van der Waals surface area contributed by atoms with Crippen LogP contribution in [-0.2, 0) is 0 Å². The van der Waals surface area contributed by atoms with Gasteiger partial charge in [0.05, 0.1) is 6.04 Å². The first-order valence-corrected chi connectivity index (χ1v) is 10.9. The first-order chi connectivity index (χ1) is 14.9. The molecule has 2 aromatic carbocycles. The van der Waals surface area contributed by atoms with Crippen LogP contribution in [0.2, 0.25) is 5.02 Å².